The van der Waals surface area contributed by atoms with E-state index in [1.807, 2.05) is 21.7 Å². The molecule has 0 radical (unpaired) electrons. The highest BCUT2D eigenvalue weighted by molar-refractivity contribution is 7.14. The highest BCUT2D eigenvalue weighted by Crippen LogP contribution is 2.26. The maximum absolute atomic E-state index is 12.3. The van der Waals surface area contributed by atoms with Crippen molar-refractivity contribution in [1.29, 1.82) is 0 Å². The number of thiazole rings is 1. The third-order valence-electron chi connectivity index (χ3n) is 3.91. The van der Waals surface area contributed by atoms with E-state index in [1.54, 1.807) is 29.6 Å². The zero-order chi connectivity index (χ0) is 14.8. The molecule has 2 aromatic heterocycles. The van der Waals surface area contributed by atoms with E-state index >= 15 is 0 Å². The summed E-state index contributed by atoms with van der Waals surface area (Å²) in [5.41, 5.74) is 1.96. The fourth-order valence-electron chi connectivity index (χ4n) is 2.58. The Kier molecular flexibility index (Phi) is 4.37. The van der Waals surface area contributed by atoms with Crippen LogP contribution >= 0.6 is 22.7 Å². The molecule has 3 heterocycles. The minimum atomic E-state index is -0.340. The van der Waals surface area contributed by atoms with Gasteiger partial charge in [-0.25, -0.2) is 4.98 Å². The molecular formula is C15H18N2O2S2. The number of aliphatic hydroxyl groups is 1. The van der Waals surface area contributed by atoms with Gasteiger partial charge in [-0.1, -0.05) is 0 Å². The third-order valence-corrected chi connectivity index (χ3v) is 5.54. The number of amides is 1. The zero-order valence-electron chi connectivity index (χ0n) is 11.9. The van der Waals surface area contributed by atoms with E-state index in [9.17, 15) is 9.90 Å². The molecule has 3 rings (SSSR count). The van der Waals surface area contributed by atoms with Crippen LogP contribution in [0.3, 0.4) is 0 Å². The quantitative estimate of drug-likeness (QED) is 0.941. The Labute approximate surface area is 132 Å². The second kappa shape index (κ2) is 6.25. The van der Waals surface area contributed by atoms with Crippen LogP contribution in [0.5, 0.6) is 0 Å². The molecule has 0 saturated carbocycles. The van der Waals surface area contributed by atoms with Crippen LogP contribution in [0.2, 0.25) is 0 Å². The van der Waals surface area contributed by atoms with E-state index < -0.39 is 0 Å². The van der Waals surface area contributed by atoms with Gasteiger partial charge in [-0.3, -0.25) is 4.79 Å². The molecule has 6 heteroatoms. The fraction of sp³-hybridized carbons (Fsp3) is 0.467. The van der Waals surface area contributed by atoms with Crippen molar-refractivity contribution in [2.45, 2.75) is 25.9 Å². The lowest BCUT2D eigenvalue weighted by molar-refractivity contribution is -0.129. The lowest BCUT2D eigenvalue weighted by Gasteiger charge is -2.17. The average molecular weight is 322 g/mol. The summed E-state index contributed by atoms with van der Waals surface area (Å²) in [6.07, 6.45) is 0.903. The van der Waals surface area contributed by atoms with Gasteiger partial charge in [0, 0.05) is 35.3 Å². The molecule has 2 aromatic rings. The first-order valence-electron chi connectivity index (χ1n) is 7.06. The molecule has 21 heavy (non-hydrogen) atoms. The normalized spacial score (nSPS) is 19.9. The topological polar surface area (TPSA) is 53.4 Å². The molecule has 1 aliphatic heterocycles. The highest BCUT2D eigenvalue weighted by atomic mass is 32.1. The van der Waals surface area contributed by atoms with Crippen molar-refractivity contribution in [2.24, 2.45) is 5.92 Å². The number of rotatable bonds is 4. The minimum Gasteiger partial charge on any atom is -0.393 e. The summed E-state index contributed by atoms with van der Waals surface area (Å²) in [5.74, 6) is 0.325. The van der Waals surface area contributed by atoms with Gasteiger partial charge in [0.25, 0.3) is 0 Å². The second-order valence-corrected chi connectivity index (χ2v) is 7.10. The number of nitrogens with zero attached hydrogens (tertiary/aromatic N) is 2. The number of hydrogen-bond donors (Lipinski definition) is 1. The highest BCUT2D eigenvalue weighted by Gasteiger charge is 2.29. The standard InChI is InChI=1S/C15H18N2O2S2/c1-10(18)11-2-4-17(7-11)14(19)6-13-9-21-15(16-13)12-3-5-20-8-12/h3,5,8-11,18H,2,4,6-7H2,1H3. The van der Waals surface area contributed by atoms with Crippen LogP contribution in [0.1, 0.15) is 19.0 Å². The Morgan fingerprint density at radius 3 is 3.10 bits per heavy atom. The van der Waals surface area contributed by atoms with Gasteiger partial charge < -0.3 is 10.0 Å². The van der Waals surface area contributed by atoms with Gasteiger partial charge in [0.05, 0.1) is 18.2 Å². The summed E-state index contributed by atoms with van der Waals surface area (Å²) in [6, 6.07) is 2.04. The molecule has 0 aromatic carbocycles. The van der Waals surface area contributed by atoms with Crippen molar-refractivity contribution in [3.05, 3.63) is 27.9 Å². The van der Waals surface area contributed by atoms with Crippen LogP contribution in [0, 0.1) is 5.92 Å². The van der Waals surface area contributed by atoms with Crippen molar-refractivity contribution >= 4 is 28.6 Å². The van der Waals surface area contributed by atoms with E-state index in [0.717, 1.165) is 29.2 Å². The molecule has 1 amide bonds. The number of likely N-dealkylation sites (tertiary alicyclic amines) is 1. The Morgan fingerprint density at radius 1 is 1.57 bits per heavy atom. The Bertz CT molecular complexity index is 607. The van der Waals surface area contributed by atoms with Crippen molar-refractivity contribution in [3.63, 3.8) is 0 Å². The van der Waals surface area contributed by atoms with E-state index in [-0.39, 0.29) is 17.9 Å². The number of aliphatic hydroxyl groups excluding tert-OH is 1. The molecule has 112 valence electrons. The Balaban J connectivity index is 1.61. The van der Waals surface area contributed by atoms with Gasteiger partial charge in [0.15, 0.2) is 0 Å². The number of thiophene rings is 1. The number of carbonyl (C=O) groups is 1. The molecule has 1 saturated heterocycles. The third kappa shape index (κ3) is 3.33. The molecule has 0 spiro atoms. The molecule has 1 N–H and O–H groups in total. The first-order chi connectivity index (χ1) is 10.1. The Morgan fingerprint density at radius 2 is 2.43 bits per heavy atom. The van der Waals surface area contributed by atoms with Crippen molar-refractivity contribution < 1.29 is 9.90 Å². The van der Waals surface area contributed by atoms with Crippen LogP contribution < -0.4 is 0 Å². The van der Waals surface area contributed by atoms with Crippen LogP contribution in [-0.4, -0.2) is 40.1 Å². The van der Waals surface area contributed by atoms with Crippen LogP contribution in [0.15, 0.2) is 22.2 Å². The Hall–Kier alpha value is -1.24. The minimum absolute atomic E-state index is 0.111. The van der Waals surface area contributed by atoms with Gasteiger partial charge >= 0.3 is 0 Å². The van der Waals surface area contributed by atoms with Crippen molar-refractivity contribution in [3.8, 4) is 10.6 Å². The SMILES string of the molecule is CC(O)C1CCN(C(=O)Cc2csc(-c3ccsc3)n2)C1. The molecule has 2 unspecified atom stereocenters. The first kappa shape index (κ1) is 14.7. The molecule has 2 atom stereocenters. The predicted octanol–water partition coefficient (Wildman–Crippen LogP) is 2.64. The van der Waals surface area contributed by atoms with Gasteiger partial charge in [-0.05, 0) is 24.8 Å². The lowest BCUT2D eigenvalue weighted by atomic mass is 10.0. The molecule has 0 aliphatic carbocycles. The molecule has 1 fully saturated rings. The molecule has 4 nitrogen and oxygen atoms in total. The maximum atomic E-state index is 12.3. The van der Waals surface area contributed by atoms with Crippen LogP contribution in [0.4, 0.5) is 0 Å². The summed E-state index contributed by atoms with van der Waals surface area (Å²) in [5, 5.41) is 16.6. The van der Waals surface area contributed by atoms with Gasteiger partial charge in [-0.2, -0.15) is 11.3 Å². The van der Waals surface area contributed by atoms with E-state index in [4.69, 9.17) is 0 Å². The van der Waals surface area contributed by atoms with Gasteiger partial charge in [0.1, 0.15) is 5.01 Å². The van der Waals surface area contributed by atoms with Crippen LogP contribution in [-0.2, 0) is 11.2 Å². The van der Waals surface area contributed by atoms with E-state index in [2.05, 4.69) is 10.4 Å². The molecule has 1 aliphatic rings. The smallest absolute Gasteiger partial charge is 0.228 e. The largest absolute Gasteiger partial charge is 0.393 e. The van der Waals surface area contributed by atoms with E-state index in [0.29, 0.717) is 13.0 Å². The summed E-state index contributed by atoms with van der Waals surface area (Å²) < 4.78 is 0. The monoisotopic (exact) mass is 322 g/mol. The zero-order valence-corrected chi connectivity index (χ0v) is 13.5. The first-order valence-corrected chi connectivity index (χ1v) is 8.88. The second-order valence-electron chi connectivity index (χ2n) is 5.46. The van der Waals surface area contributed by atoms with E-state index in [1.165, 1.54) is 0 Å². The average Bonchev–Trinajstić information content (AvgIpc) is 3.19. The van der Waals surface area contributed by atoms with Crippen molar-refractivity contribution in [1.82, 2.24) is 9.88 Å². The predicted molar refractivity (Wildman–Crippen MR) is 85.5 cm³/mol. The fourth-order valence-corrected chi connectivity index (χ4v) is 4.11. The molecule has 0 bridgehead atoms. The summed E-state index contributed by atoms with van der Waals surface area (Å²) in [7, 11) is 0. The molecular weight excluding hydrogens is 304 g/mol. The van der Waals surface area contributed by atoms with Crippen LogP contribution in [0.25, 0.3) is 10.6 Å². The van der Waals surface area contributed by atoms with Gasteiger partial charge in [0.2, 0.25) is 5.91 Å². The van der Waals surface area contributed by atoms with Crippen molar-refractivity contribution in [2.75, 3.05) is 13.1 Å². The lowest BCUT2D eigenvalue weighted by Crippen LogP contribution is -2.31. The maximum Gasteiger partial charge on any atom is 0.228 e. The summed E-state index contributed by atoms with van der Waals surface area (Å²) in [4.78, 5) is 18.7. The van der Waals surface area contributed by atoms with Gasteiger partial charge in [-0.15, -0.1) is 11.3 Å². The number of carbonyl (C=O) groups excluding carboxylic acids is 1. The number of aromatic nitrogens is 1. The summed E-state index contributed by atoms with van der Waals surface area (Å²) >= 11 is 3.23. The summed E-state index contributed by atoms with van der Waals surface area (Å²) in [6.45, 7) is 3.21. The number of hydrogen-bond acceptors (Lipinski definition) is 5.